The molecule has 0 unspecified atom stereocenters. The average Bonchev–Trinajstić information content (AvgIpc) is 3.40. The molecule has 4 aliphatic carbocycles. The predicted octanol–water partition coefficient (Wildman–Crippen LogP) is 13.5. The predicted molar refractivity (Wildman–Crippen MR) is 202 cm³/mol. The third kappa shape index (κ3) is 10.5. The maximum absolute atomic E-state index is 12.8. The van der Waals surface area contributed by atoms with Crippen molar-refractivity contribution in [2.45, 2.75) is 182 Å². The molecule has 266 valence electrons. The second-order valence-corrected chi connectivity index (χ2v) is 17.2. The molecule has 47 heavy (non-hydrogen) atoms. The van der Waals surface area contributed by atoms with Gasteiger partial charge in [-0.1, -0.05) is 128 Å². The van der Waals surface area contributed by atoms with Crippen molar-refractivity contribution >= 4 is 5.97 Å². The maximum atomic E-state index is 12.8. The summed E-state index contributed by atoms with van der Waals surface area (Å²) in [6, 6.07) is 0. The standard InChI is InChI=1S/C45H74O2/c1-7-8-9-10-11-12-13-14-15-16-17-18-19-20-21-25-43(46)47-38-30-32-44(5)37(34-38)26-27-39-41-29-28-40(36(4)24-22-23-35(2)3)45(41,6)33-31-42(39)44/h8-9,11-12,14-15,26,35-36,38-42H,7,10,13,16-25,27-34H2,1-6H3/t36-,38+,39+,40-,41+,42+,44+,45-/m1/s1. The van der Waals surface area contributed by atoms with Gasteiger partial charge in [0, 0.05) is 12.8 Å². The smallest absolute Gasteiger partial charge is 0.306 e. The van der Waals surface area contributed by atoms with Crippen LogP contribution in [-0.4, -0.2) is 12.1 Å². The SMILES string of the molecule is CCC=CCC=CCC=CCCCCCCCC(=O)O[C@H]1CC[C@@]2(C)C(=CC[C@H]3[C@@H]4CC[C@H]([C@H](C)CCCC(C)C)[C@@]4(C)CC[C@@H]32)C1. The van der Waals surface area contributed by atoms with E-state index in [2.05, 4.69) is 84.1 Å². The van der Waals surface area contributed by atoms with E-state index in [1.807, 2.05) is 0 Å². The molecule has 0 N–H and O–H groups in total. The molecule has 3 saturated carbocycles. The Labute approximate surface area is 291 Å². The van der Waals surface area contributed by atoms with Crippen molar-refractivity contribution in [3.8, 4) is 0 Å². The maximum Gasteiger partial charge on any atom is 0.306 e. The van der Waals surface area contributed by atoms with Crippen molar-refractivity contribution in [1.82, 2.24) is 0 Å². The second kappa shape index (κ2) is 19.0. The molecule has 4 aliphatic rings. The highest BCUT2D eigenvalue weighted by atomic mass is 16.5. The van der Waals surface area contributed by atoms with E-state index < -0.39 is 0 Å². The van der Waals surface area contributed by atoms with Crippen molar-refractivity contribution < 1.29 is 9.53 Å². The summed E-state index contributed by atoms with van der Waals surface area (Å²) in [5.74, 6) is 5.28. The number of carbonyl (C=O) groups excluding carboxylic acids is 1. The Bertz CT molecular complexity index is 1060. The Balaban J connectivity index is 1.13. The number of esters is 1. The summed E-state index contributed by atoms with van der Waals surface area (Å²) in [4.78, 5) is 12.8. The topological polar surface area (TPSA) is 26.3 Å². The van der Waals surface area contributed by atoms with Crippen molar-refractivity contribution in [2.24, 2.45) is 46.3 Å². The zero-order valence-corrected chi connectivity index (χ0v) is 31.7. The summed E-state index contributed by atoms with van der Waals surface area (Å²) < 4.78 is 6.12. The average molecular weight is 647 g/mol. The minimum atomic E-state index is 0.0435. The number of allylic oxidation sites excluding steroid dienone is 7. The van der Waals surface area contributed by atoms with Crippen molar-refractivity contribution in [3.63, 3.8) is 0 Å². The van der Waals surface area contributed by atoms with Gasteiger partial charge in [0.15, 0.2) is 0 Å². The molecular weight excluding hydrogens is 572 g/mol. The molecule has 0 saturated heterocycles. The fraction of sp³-hybridized carbons (Fsp3) is 0.800. The molecule has 2 heteroatoms. The first-order valence-corrected chi connectivity index (χ1v) is 20.5. The Hall–Kier alpha value is -1.57. The molecule has 0 amide bonds. The molecule has 4 rings (SSSR count). The van der Waals surface area contributed by atoms with Crippen LogP contribution in [0.25, 0.3) is 0 Å². The van der Waals surface area contributed by atoms with Crippen LogP contribution >= 0.6 is 0 Å². The van der Waals surface area contributed by atoms with E-state index in [1.54, 1.807) is 5.57 Å². The molecule has 0 aromatic carbocycles. The van der Waals surface area contributed by atoms with Crippen LogP contribution < -0.4 is 0 Å². The van der Waals surface area contributed by atoms with Crippen molar-refractivity contribution in [1.29, 1.82) is 0 Å². The molecule has 0 radical (unpaired) electrons. The van der Waals surface area contributed by atoms with E-state index in [-0.39, 0.29) is 12.1 Å². The van der Waals surface area contributed by atoms with E-state index in [1.165, 1.54) is 83.5 Å². The fourth-order valence-electron chi connectivity index (χ4n) is 10.9. The van der Waals surface area contributed by atoms with E-state index >= 15 is 0 Å². The molecule has 2 nitrogen and oxygen atoms in total. The molecule has 0 aromatic heterocycles. The number of rotatable bonds is 19. The number of ether oxygens (including phenoxy) is 1. The molecule has 0 aromatic rings. The van der Waals surface area contributed by atoms with Crippen LogP contribution in [-0.2, 0) is 9.53 Å². The monoisotopic (exact) mass is 647 g/mol. The summed E-state index contributed by atoms with van der Waals surface area (Å²) in [5, 5.41) is 0. The van der Waals surface area contributed by atoms with Crippen molar-refractivity contribution in [2.75, 3.05) is 0 Å². The number of unbranched alkanes of at least 4 members (excludes halogenated alkanes) is 5. The molecule has 8 atom stereocenters. The number of carbonyl (C=O) groups is 1. The van der Waals surface area contributed by atoms with Gasteiger partial charge >= 0.3 is 5.97 Å². The molecule has 0 aliphatic heterocycles. The second-order valence-electron chi connectivity index (χ2n) is 17.2. The van der Waals surface area contributed by atoms with Gasteiger partial charge in [0.05, 0.1) is 0 Å². The van der Waals surface area contributed by atoms with Gasteiger partial charge in [-0.25, -0.2) is 0 Å². The Morgan fingerprint density at radius 3 is 2.32 bits per heavy atom. The summed E-state index contributed by atoms with van der Waals surface area (Å²) in [6.07, 6.45) is 41.7. The van der Waals surface area contributed by atoms with Crippen LogP contribution in [0.4, 0.5) is 0 Å². The third-order valence-corrected chi connectivity index (χ3v) is 13.6. The third-order valence-electron chi connectivity index (χ3n) is 13.6. The summed E-state index contributed by atoms with van der Waals surface area (Å²) >= 11 is 0. The van der Waals surface area contributed by atoms with Gasteiger partial charge in [-0.3, -0.25) is 4.79 Å². The van der Waals surface area contributed by atoms with Gasteiger partial charge in [-0.05, 0) is 130 Å². The molecule has 3 fully saturated rings. The molecule has 0 bridgehead atoms. The van der Waals surface area contributed by atoms with Crippen LogP contribution in [0.3, 0.4) is 0 Å². The Morgan fingerprint density at radius 2 is 1.55 bits per heavy atom. The van der Waals surface area contributed by atoms with Crippen LogP contribution in [0.1, 0.15) is 176 Å². The first-order valence-electron chi connectivity index (χ1n) is 20.5. The van der Waals surface area contributed by atoms with Crippen LogP contribution in [0.15, 0.2) is 48.1 Å². The van der Waals surface area contributed by atoms with Gasteiger partial charge in [-0.15, -0.1) is 0 Å². The van der Waals surface area contributed by atoms with Gasteiger partial charge in [0.1, 0.15) is 6.10 Å². The summed E-state index contributed by atoms with van der Waals surface area (Å²) in [6.45, 7) is 14.8. The van der Waals surface area contributed by atoms with Gasteiger partial charge in [0.2, 0.25) is 0 Å². The van der Waals surface area contributed by atoms with Gasteiger partial charge in [-0.2, -0.15) is 0 Å². The summed E-state index contributed by atoms with van der Waals surface area (Å²) in [7, 11) is 0. The fourth-order valence-corrected chi connectivity index (χ4v) is 10.9. The normalized spacial score (nSPS) is 32.9. The first-order chi connectivity index (χ1) is 22.7. The van der Waals surface area contributed by atoms with Gasteiger partial charge < -0.3 is 4.74 Å². The minimum absolute atomic E-state index is 0.0435. The van der Waals surface area contributed by atoms with E-state index in [0.29, 0.717) is 17.3 Å². The minimum Gasteiger partial charge on any atom is -0.462 e. The highest BCUT2D eigenvalue weighted by Gasteiger charge is 2.59. The highest BCUT2D eigenvalue weighted by Crippen LogP contribution is 2.67. The lowest BCUT2D eigenvalue weighted by atomic mass is 9.47. The van der Waals surface area contributed by atoms with Crippen LogP contribution in [0.5, 0.6) is 0 Å². The Kier molecular flexibility index (Phi) is 15.4. The lowest BCUT2D eigenvalue weighted by Gasteiger charge is -2.58. The quantitative estimate of drug-likeness (QED) is 0.0793. The van der Waals surface area contributed by atoms with E-state index in [9.17, 15) is 4.79 Å². The van der Waals surface area contributed by atoms with E-state index in [4.69, 9.17) is 4.74 Å². The highest BCUT2D eigenvalue weighted by molar-refractivity contribution is 5.69. The molecule has 0 spiro atoms. The number of hydrogen-bond acceptors (Lipinski definition) is 2. The molecular formula is C45H74O2. The lowest BCUT2D eigenvalue weighted by molar-refractivity contribution is -0.151. The molecule has 0 heterocycles. The largest absolute Gasteiger partial charge is 0.462 e. The zero-order chi connectivity index (χ0) is 33.7. The Morgan fingerprint density at radius 1 is 0.830 bits per heavy atom. The number of fused-ring (bicyclic) bond motifs is 5. The van der Waals surface area contributed by atoms with Crippen molar-refractivity contribution in [3.05, 3.63) is 48.1 Å². The van der Waals surface area contributed by atoms with Crippen LogP contribution in [0, 0.1) is 46.3 Å². The first kappa shape index (κ1) is 38.2. The summed E-state index contributed by atoms with van der Waals surface area (Å²) in [5.41, 5.74) is 2.51. The zero-order valence-electron chi connectivity index (χ0n) is 31.7. The van der Waals surface area contributed by atoms with Gasteiger partial charge in [0.25, 0.3) is 0 Å². The van der Waals surface area contributed by atoms with Crippen LogP contribution in [0.2, 0.25) is 0 Å². The number of hydrogen-bond donors (Lipinski definition) is 0. The van der Waals surface area contributed by atoms with E-state index in [0.717, 1.165) is 80.5 Å². The lowest BCUT2D eigenvalue weighted by Crippen LogP contribution is -2.51.